The number of aromatic amines is 1. The number of H-pyrrole nitrogens is 1. The first kappa shape index (κ1) is 24.8. The van der Waals surface area contributed by atoms with Crippen LogP contribution < -0.4 is 4.72 Å². The van der Waals surface area contributed by atoms with Gasteiger partial charge in [-0.1, -0.05) is 73.5 Å². The summed E-state index contributed by atoms with van der Waals surface area (Å²) in [5.74, 6) is -0.664. The van der Waals surface area contributed by atoms with E-state index in [9.17, 15) is 13.2 Å². The van der Waals surface area contributed by atoms with Gasteiger partial charge in [0.15, 0.2) is 0 Å². The lowest BCUT2D eigenvalue weighted by atomic mass is 9.98. The van der Waals surface area contributed by atoms with Gasteiger partial charge < -0.3 is 4.98 Å². The molecule has 0 unspecified atom stereocenters. The van der Waals surface area contributed by atoms with Crippen molar-refractivity contribution in [2.24, 2.45) is 0 Å². The number of aromatic nitrogens is 1. The molecule has 35 heavy (non-hydrogen) atoms. The van der Waals surface area contributed by atoms with E-state index in [4.69, 9.17) is 11.6 Å². The molecule has 0 spiro atoms. The van der Waals surface area contributed by atoms with Crippen LogP contribution in [0.1, 0.15) is 46.9 Å². The van der Waals surface area contributed by atoms with E-state index in [0.29, 0.717) is 17.9 Å². The van der Waals surface area contributed by atoms with Gasteiger partial charge in [-0.2, -0.15) is 0 Å². The number of unbranched alkanes of at least 4 members (excludes halogenated alkanes) is 1. The van der Waals surface area contributed by atoms with E-state index < -0.39 is 15.9 Å². The number of fused-ring (bicyclic) bond motifs is 1. The monoisotopic (exact) mass is 506 g/mol. The second kappa shape index (κ2) is 10.5. The maximum Gasteiger partial charge on any atom is 0.265 e. The highest BCUT2D eigenvalue weighted by atomic mass is 35.5. The average molecular weight is 507 g/mol. The molecule has 7 heteroatoms. The van der Waals surface area contributed by atoms with Crippen LogP contribution in [0.3, 0.4) is 0 Å². The molecule has 1 heterocycles. The van der Waals surface area contributed by atoms with Gasteiger partial charge in [-0.25, -0.2) is 13.1 Å². The Morgan fingerprint density at radius 3 is 2.51 bits per heavy atom. The van der Waals surface area contributed by atoms with Gasteiger partial charge in [0.05, 0.1) is 0 Å². The van der Waals surface area contributed by atoms with Gasteiger partial charge in [-0.05, 0) is 59.9 Å². The summed E-state index contributed by atoms with van der Waals surface area (Å²) in [5.41, 5.74) is 6.23. The van der Waals surface area contributed by atoms with Crippen molar-refractivity contribution in [3.63, 3.8) is 0 Å². The topological polar surface area (TPSA) is 79.0 Å². The fourth-order valence-electron chi connectivity index (χ4n) is 4.03. The molecular weight excluding hydrogens is 480 g/mol. The van der Waals surface area contributed by atoms with Crippen LogP contribution in [0.4, 0.5) is 0 Å². The molecule has 2 N–H and O–H groups in total. The fourth-order valence-corrected chi connectivity index (χ4v) is 5.11. The summed E-state index contributed by atoms with van der Waals surface area (Å²) in [5, 5.41) is 2.57. The summed E-state index contributed by atoms with van der Waals surface area (Å²) in [7, 11) is -3.85. The van der Waals surface area contributed by atoms with Crippen molar-refractivity contribution in [1.82, 2.24) is 9.71 Å². The number of halogens is 1. The normalized spacial score (nSPS) is 11.9. The maximum atomic E-state index is 12.7. The fraction of sp³-hybridized carbons (Fsp3) is 0.179. The molecule has 0 aliphatic rings. The van der Waals surface area contributed by atoms with E-state index in [1.165, 1.54) is 0 Å². The number of sulfonamides is 1. The van der Waals surface area contributed by atoms with Crippen molar-refractivity contribution in [1.29, 1.82) is 0 Å². The molecule has 0 bridgehead atoms. The van der Waals surface area contributed by atoms with Crippen LogP contribution in [0, 0.1) is 6.92 Å². The first-order chi connectivity index (χ1) is 16.8. The lowest BCUT2D eigenvalue weighted by molar-refractivity contribution is 0.0982. The molecular formula is C28H27ClN2O3S. The highest BCUT2D eigenvalue weighted by Gasteiger charge is 2.17. The maximum absolute atomic E-state index is 12.7. The second-order valence-electron chi connectivity index (χ2n) is 8.47. The highest BCUT2D eigenvalue weighted by Crippen LogP contribution is 2.31. The van der Waals surface area contributed by atoms with Crippen LogP contribution in [0.2, 0.25) is 5.02 Å². The number of aryl methyl sites for hydroxylation is 1. The Bertz CT molecular complexity index is 1510. The molecule has 0 fully saturated rings. The lowest BCUT2D eigenvalue weighted by Gasteiger charge is -2.09. The largest absolute Gasteiger partial charge is 0.358 e. The molecule has 1 aromatic heterocycles. The molecule has 3 aromatic carbocycles. The van der Waals surface area contributed by atoms with Gasteiger partial charge in [0.2, 0.25) is 0 Å². The van der Waals surface area contributed by atoms with E-state index >= 15 is 0 Å². The van der Waals surface area contributed by atoms with E-state index in [2.05, 4.69) is 15.8 Å². The van der Waals surface area contributed by atoms with E-state index in [0.717, 1.165) is 50.7 Å². The number of rotatable bonds is 8. The minimum atomic E-state index is -3.85. The number of benzene rings is 3. The second-order valence-corrected chi connectivity index (χ2v) is 10.4. The molecule has 1 amide bonds. The van der Waals surface area contributed by atoms with E-state index in [-0.39, 0.29) is 5.56 Å². The molecule has 4 aromatic rings. The summed E-state index contributed by atoms with van der Waals surface area (Å²) in [6.45, 7) is 3.93. The molecule has 0 aliphatic carbocycles. The number of hydrogen-bond donors (Lipinski definition) is 2. The van der Waals surface area contributed by atoms with Crippen molar-refractivity contribution in [3.8, 4) is 11.1 Å². The summed E-state index contributed by atoms with van der Waals surface area (Å²) in [6, 6.07) is 21.2. The summed E-state index contributed by atoms with van der Waals surface area (Å²) >= 11 is 6.66. The number of amides is 1. The summed E-state index contributed by atoms with van der Waals surface area (Å²) in [4.78, 5) is 16.0. The summed E-state index contributed by atoms with van der Waals surface area (Å²) < 4.78 is 26.5. The molecule has 4 rings (SSSR count). The number of hydrogen-bond acceptors (Lipinski definition) is 3. The number of nitrogens with one attached hydrogen (secondary N) is 2. The molecule has 0 radical (unpaired) electrons. The zero-order valence-corrected chi connectivity index (χ0v) is 21.2. The standard InChI is InChI=1S/C28H27ClN2O3S/c1-3-4-8-15-35(33,34)31-28(32)23-13-14-27-25(17-23)24(19(2)30-27)16-22-12-11-21(18-26(22)29)20-9-6-5-7-10-20/h5-15,17-18,30H,3-4,16H2,1-2H3,(H,31,32)/b15-8+. The van der Waals surface area contributed by atoms with Gasteiger partial charge in [0, 0.05) is 39.0 Å². The Morgan fingerprint density at radius 1 is 1.03 bits per heavy atom. The molecule has 0 saturated carbocycles. The van der Waals surface area contributed by atoms with Crippen molar-refractivity contribution in [2.45, 2.75) is 33.1 Å². The van der Waals surface area contributed by atoms with Crippen molar-refractivity contribution in [3.05, 3.63) is 106 Å². The zero-order chi connectivity index (χ0) is 25.0. The van der Waals surface area contributed by atoms with Gasteiger partial charge in [0.25, 0.3) is 15.9 Å². The summed E-state index contributed by atoms with van der Waals surface area (Å²) in [6.07, 6.45) is 3.56. The van der Waals surface area contributed by atoms with Crippen molar-refractivity contribution in [2.75, 3.05) is 0 Å². The molecule has 0 atom stereocenters. The lowest BCUT2D eigenvalue weighted by Crippen LogP contribution is -2.28. The van der Waals surface area contributed by atoms with Crippen LogP contribution >= 0.6 is 11.6 Å². The molecule has 5 nitrogen and oxygen atoms in total. The van der Waals surface area contributed by atoms with E-state index in [1.54, 1.807) is 24.3 Å². The van der Waals surface area contributed by atoms with Crippen LogP contribution in [0.25, 0.3) is 22.0 Å². The Kier molecular flexibility index (Phi) is 7.43. The Morgan fingerprint density at radius 2 is 1.80 bits per heavy atom. The van der Waals surface area contributed by atoms with Gasteiger partial charge in [0.1, 0.15) is 0 Å². The quantitative estimate of drug-likeness (QED) is 0.277. The smallest absolute Gasteiger partial charge is 0.265 e. The van der Waals surface area contributed by atoms with Gasteiger partial charge >= 0.3 is 0 Å². The van der Waals surface area contributed by atoms with Crippen molar-refractivity contribution >= 4 is 38.4 Å². The first-order valence-electron chi connectivity index (χ1n) is 11.5. The molecule has 180 valence electrons. The first-order valence-corrected chi connectivity index (χ1v) is 13.4. The van der Waals surface area contributed by atoms with Crippen LogP contribution in [-0.4, -0.2) is 19.3 Å². The van der Waals surface area contributed by atoms with E-state index in [1.807, 2.05) is 56.3 Å². The van der Waals surface area contributed by atoms with Gasteiger partial charge in [-0.15, -0.1) is 0 Å². The third kappa shape index (κ3) is 5.84. The third-order valence-corrected chi connectivity index (χ3v) is 7.25. The predicted octanol–water partition coefficient (Wildman–Crippen LogP) is 6.76. The molecule has 0 aliphatic heterocycles. The highest BCUT2D eigenvalue weighted by molar-refractivity contribution is 7.92. The Hall–Kier alpha value is -3.35. The van der Waals surface area contributed by atoms with Crippen LogP contribution in [-0.2, 0) is 16.4 Å². The van der Waals surface area contributed by atoms with Crippen LogP contribution in [0.15, 0.2) is 78.2 Å². The number of carbonyl (C=O) groups excluding carboxylic acids is 1. The minimum Gasteiger partial charge on any atom is -0.358 e. The van der Waals surface area contributed by atoms with Crippen molar-refractivity contribution < 1.29 is 13.2 Å². The molecule has 0 saturated heterocycles. The zero-order valence-electron chi connectivity index (χ0n) is 19.6. The number of allylic oxidation sites excluding steroid dienone is 1. The van der Waals surface area contributed by atoms with Crippen LogP contribution in [0.5, 0.6) is 0 Å². The van der Waals surface area contributed by atoms with Gasteiger partial charge in [-0.3, -0.25) is 4.79 Å². The SMILES string of the molecule is CCC/C=C/S(=O)(=O)NC(=O)c1ccc2[nH]c(C)c(Cc3ccc(-c4ccccc4)cc3Cl)c2c1. The average Bonchev–Trinajstić information content (AvgIpc) is 3.14. The predicted molar refractivity (Wildman–Crippen MR) is 143 cm³/mol. The third-order valence-electron chi connectivity index (χ3n) is 5.87. The Labute approximate surface area is 210 Å². The minimum absolute atomic E-state index is 0.274. The number of carbonyl (C=O) groups is 1. The Balaban J connectivity index is 1.61.